The van der Waals surface area contributed by atoms with Crippen LogP contribution in [0.25, 0.3) is 81.0 Å². The number of aromatic nitrogens is 2. The first-order valence-corrected chi connectivity index (χ1v) is 15.9. The molecule has 6 heterocycles. The van der Waals surface area contributed by atoms with Crippen LogP contribution < -0.4 is 10.9 Å². The maximum absolute atomic E-state index is 6.74. The molecule has 2 aliphatic heterocycles. The predicted molar refractivity (Wildman–Crippen MR) is 183 cm³/mol. The van der Waals surface area contributed by atoms with Crippen LogP contribution in [0, 0.1) is 0 Å². The zero-order valence-electron chi connectivity index (χ0n) is 24.0. The molecule has 3 nitrogen and oxygen atoms in total. The summed E-state index contributed by atoms with van der Waals surface area (Å²) in [5.74, 6) is 0. The van der Waals surface area contributed by atoms with Crippen LogP contribution in [0.5, 0.6) is 0 Å². The minimum Gasteiger partial charge on any atom is -0.439 e. The Labute approximate surface area is 251 Å². The van der Waals surface area contributed by atoms with Crippen molar-refractivity contribution >= 4 is 93.3 Å². The number of rotatable bonds is 0. The van der Waals surface area contributed by atoms with E-state index < -0.39 is 0 Å². The summed E-state index contributed by atoms with van der Waals surface area (Å²) in [6.45, 7) is 7.05. The number of para-hydroxylation sites is 3. The molecule has 0 saturated carbocycles. The van der Waals surface area contributed by atoms with Gasteiger partial charge >= 0.3 is 6.85 Å². The fraction of sp³-hybridized carbons (Fsp3) is 0.105. The third kappa shape index (κ3) is 2.53. The predicted octanol–water partition coefficient (Wildman–Crippen LogP) is 9.10. The monoisotopic (exact) mass is 568 g/mol. The van der Waals surface area contributed by atoms with Crippen LogP contribution in [0.4, 0.5) is 0 Å². The third-order valence-electron chi connectivity index (χ3n) is 10.1. The summed E-state index contributed by atoms with van der Waals surface area (Å²) in [5.41, 5.74) is 12.5. The molecule has 0 bridgehead atoms. The Morgan fingerprint density at radius 2 is 1.44 bits per heavy atom. The van der Waals surface area contributed by atoms with Gasteiger partial charge in [-0.05, 0) is 45.7 Å². The van der Waals surface area contributed by atoms with E-state index in [1.54, 1.807) is 0 Å². The van der Waals surface area contributed by atoms with Crippen LogP contribution in [0.15, 0.2) is 101 Å². The van der Waals surface area contributed by atoms with E-state index in [1.807, 2.05) is 11.3 Å². The van der Waals surface area contributed by atoms with Gasteiger partial charge in [-0.1, -0.05) is 99.6 Å². The lowest BCUT2D eigenvalue weighted by molar-refractivity contribution is 0.590. The second-order valence-corrected chi connectivity index (χ2v) is 14.3. The normalized spacial score (nSPS) is 13.9. The zero-order chi connectivity index (χ0) is 28.4. The highest BCUT2D eigenvalue weighted by Crippen LogP contribution is 2.48. The lowest BCUT2D eigenvalue weighted by Gasteiger charge is -2.35. The highest BCUT2D eigenvalue weighted by molar-refractivity contribution is 7.26. The van der Waals surface area contributed by atoms with Gasteiger partial charge in [-0.25, -0.2) is 0 Å². The third-order valence-corrected chi connectivity index (χ3v) is 11.2. The molecule has 0 saturated heterocycles. The lowest BCUT2D eigenvalue weighted by atomic mass is 9.45. The van der Waals surface area contributed by atoms with Crippen molar-refractivity contribution in [3.63, 3.8) is 0 Å². The molecule has 202 valence electrons. The van der Waals surface area contributed by atoms with Gasteiger partial charge in [0.1, 0.15) is 5.58 Å². The molecule has 4 aromatic heterocycles. The SMILES string of the molecule is CC(C)(C)c1cc2c3c(c1)-n1c4oc5ccccc5c4c4cccc(c41)B3n1c3sc4ccccc4c3c3cccc-2c31. The zero-order valence-corrected chi connectivity index (χ0v) is 24.8. The molecular formula is C38H25BN2OS. The van der Waals surface area contributed by atoms with Crippen molar-refractivity contribution in [2.45, 2.75) is 26.2 Å². The number of benzene rings is 5. The Bertz CT molecular complexity index is 2730. The number of furan rings is 1. The van der Waals surface area contributed by atoms with Gasteiger partial charge in [0.15, 0.2) is 0 Å². The van der Waals surface area contributed by atoms with Crippen LogP contribution in [-0.2, 0) is 5.41 Å². The molecule has 0 amide bonds. The standard InChI is InChI=1S/C38H25BN2OS/c1-38(2,3)20-18-26-21-12-8-13-25-32-23-11-5-7-17-30(23)43-37(32)41(34(21)25)39-27-15-9-14-24-31-22-10-4-6-16-29(22)42-36(31)40(35(24)27)28(19-20)33(26)39/h4-19H,1-3H3. The summed E-state index contributed by atoms with van der Waals surface area (Å²) in [5, 5.41) is 7.75. The second-order valence-electron chi connectivity index (χ2n) is 13.3. The molecule has 5 aromatic carbocycles. The molecule has 0 fully saturated rings. The number of thiophene rings is 1. The molecule has 0 N–H and O–H groups in total. The average molecular weight is 569 g/mol. The molecule has 0 radical (unpaired) electrons. The highest BCUT2D eigenvalue weighted by atomic mass is 32.1. The Balaban J connectivity index is 1.42. The molecule has 9 aromatic rings. The van der Waals surface area contributed by atoms with Gasteiger partial charge in [-0.3, -0.25) is 4.57 Å². The first-order valence-electron chi connectivity index (χ1n) is 15.1. The van der Waals surface area contributed by atoms with Crippen LogP contribution in [0.2, 0.25) is 0 Å². The summed E-state index contributed by atoms with van der Waals surface area (Å²) in [6.07, 6.45) is 0. The van der Waals surface area contributed by atoms with E-state index in [0.717, 1.165) is 11.3 Å². The van der Waals surface area contributed by atoms with Crippen LogP contribution in [-0.4, -0.2) is 15.9 Å². The molecule has 0 atom stereocenters. The number of nitrogens with zero attached hydrogens (tertiary/aromatic N) is 2. The van der Waals surface area contributed by atoms with Gasteiger partial charge < -0.3 is 8.90 Å². The van der Waals surface area contributed by atoms with Crippen LogP contribution in [0.1, 0.15) is 26.3 Å². The van der Waals surface area contributed by atoms with Gasteiger partial charge in [0.2, 0.25) is 5.71 Å². The van der Waals surface area contributed by atoms with Crippen molar-refractivity contribution in [1.82, 2.24) is 9.05 Å². The number of fused-ring (bicyclic) bond motifs is 14. The van der Waals surface area contributed by atoms with Crippen molar-refractivity contribution in [3.8, 4) is 16.8 Å². The Morgan fingerprint density at radius 3 is 2.30 bits per heavy atom. The molecule has 0 aliphatic carbocycles. The summed E-state index contributed by atoms with van der Waals surface area (Å²) < 4.78 is 13.2. The van der Waals surface area contributed by atoms with Gasteiger partial charge in [-0.15, -0.1) is 11.3 Å². The average Bonchev–Trinajstić information content (AvgIpc) is 3.74. The lowest BCUT2D eigenvalue weighted by Crippen LogP contribution is -2.55. The number of hydrogen-bond donors (Lipinski definition) is 0. The maximum Gasteiger partial charge on any atom is 0.333 e. The van der Waals surface area contributed by atoms with E-state index in [9.17, 15) is 0 Å². The molecular weight excluding hydrogens is 543 g/mol. The van der Waals surface area contributed by atoms with Gasteiger partial charge in [0, 0.05) is 48.4 Å². The van der Waals surface area contributed by atoms with Gasteiger partial charge in [0.05, 0.1) is 15.7 Å². The number of hydrogen-bond acceptors (Lipinski definition) is 2. The molecule has 11 rings (SSSR count). The summed E-state index contributed by atoms with van der Waals surface area (Å²) in [4.78, 5) is 1.36. The van der Waals surface area contributed by atoms with Crippen molar-refractivity contribution in [2.75, 3.05) is 0 Å². The van der Waals surface area contributed by atoms with Crippen LogP contribution in [0.3, 0.4) is 0 Å². The van der Waals surface area contributed by atoms with E-state index >= 15 is 0 Å². The van der Waals surface area contributed by atoms with Crippen molar-refractivity contribution < 1.29 is 4.42 Å². The summed E-state index contributed by atoms with van der Waals surface area (Å²) >= 11 is 1.93. The Hall–Kier alpha value is -4.74. The van der Waals surface area contributed by atoms with Crippen molar-refractivity contribution in [1.29, 1.82) is 0 Å². The highest BCUT2D eigenvalue weighted by Gasteiger charge is 2.43. The van der Waals surface area contributed by atoms with E-state index in [2.05, 4.69) is 127 Å². The Morgan fingerprint density at radius 1 is 0.698 bits per heavy atom. The van der Waals surface area contributed by atoms with Crippen molar-refractivity contribution in [2.24, 2.45) is 0 Å². The summed E-state index contributed by atoms with van der Waals surface area (Å²) in [7, 11) is 0. The molecule has 5 heteroatoms. The molecule has 43 heavy (non-hydrogen) atoms. The Kier molecular flexibility index (Phi) is 3.84. The molecule has 0 unspecified atom stereocenters. The molecule has 0 spiro atoms. The van der Waals surface area contributed by atoms with Crippen molar-refractivity contribution in [3.05, 3.63) is 103 Å². The first kappa shape index (κ1) is 22.8. The largest absolute Gasteiger partial charge is 0.439 e. The minimum absolute atomic E-state index is 0.0128. The summed E-state index contributed by atoms with van der Waals surface area (Å²) in [6, 6.07) is 36.1. The smallest absolute Gasteiger partial charge is 0.333 e. The first-order chi connectivity index (χ1) is 21.0. The maximum atomic E-state index is 6.74. The minimum atomic E-state index is -0.0128. The van der Waals surface area contributed by atoms with E-state index in [1.165, 1.54) is 86.2 Å². The fourth-order valence-corrected chi connectivity index (χ4v) is 9.49. The van der Waals surface area contributed by atoms with Gasteiger partial charge in [-0.2, -0.15) is 0 Å². The van der Waals surface area contributed by atoms with E-state index in [-0.39, 0.29) is 12.3 Å². The topological polar surface area (TPSA) is 23.0 Å². The quantitative estimate of drug-likeness (QED) is 0.167. The second kappa shape index (κ2) is 7.24. The van der Waals surface area contributed by atoms with E-state index in [4.69, 9.17) is 4.42 Å². The van der Waals surface area contributed by atoms with E-state index in [0.29, 0.717) is 0 Å². The van der Waals surface area contributed by atoms with Crippen LogP contribution >= 0.6 is 11.3 Å². The van der Waals surface area contributed by atoms with Gasteiger partial charge in [0.25, 0.3) is 0 Å². The molecule has 2 aliphatic rings. The fourth-order valence-electron chi connectivity index (χ4n) is 8.24.